The molecule has 2 aromatic rings. The van der Waals surface area contributed by atoms with E-state index in [1.807, 2.05) is 14.0 Å². The van der Waals surface area contributed by atoms with Crippen molar-refractivity contribution in [1.82, 2.24) is 19.4 Å². The molecule has 0 saturated heterocycles. The van der Waals surface area contributed by atoms with E-state index in [0.717, 1.165) is 43.2 Å². The van der Waals surface area contributed by atoms with Gasteiger partial charge in [-0.3, -0.25) is 9.59 Å². The van der Waals surface area contributed by atoms with Crippen LogP contribution < -0.4 is 4.90 Å². The highest BCUT2D eigenvalue weighted by Gasteiger charge is 2.26. The third-order valence-electron chi connectivity index (χ3n) is 5.64. The Labute approximate surface area is 191 Å². The highest BCUT2D eigenvalue weighted by atomic mass is 32.1. The van der Waals surface area contributed by atoms with Crippen LogP contribution in [0.15, 0.2) is 12.1 Å². The summed E-state index contributed by atoms with van der Waals surface area (Å²) in [6.07, 6.45) is 2.24. The van der Waals surface area contributed by atoms with E-state index < -0.39 is 11.6 Å². The Morgan fingerprint density at radius 1 is 1.06 bits per heavy atom. The molecule has 174 valence electrons. The van der Waals surface area contributed by atoms with Crippen LogP contribution in [0.5, 0.6) is 0 Å². The van der Waals surface area contributed by atoms with Gasteiger partial charge in [0.05, 0.1) is 11.4 Å². The summed E-state index contributed by atoms with van der Waals surface area (Å²) < 4.78 is 32.4. The molecule has 1 aliphatic rings. The van der Waals surface area contributed by atoms with Crippen LogP contribution in [0.1, 0.15) is 54.0 Å². The molecule has 0 radical (unpaired) electrons. The Morgan fingerprint density at radius 2 is 1.75 bits per heavy atom. The second-order valence-electron chi connectivity index (χ2n) is 7.93. The van der Waals surface area contributed by atoms with Crippen molar-refractivity contribution in [2.24, 2.45) is 0 Å². The van der Waals surface area contributed by atoms with Gasteiger partial charge in [-0.2, -0.15) is 0 Å². The number of carbonyl (C=O) groups excluding carboxylic acids is 2. The van der Waals surface area contributed by atoms with Gasteiger partial charge in [0.1, 0.15) is 4.88 Å². The van der Waals surface area contributed by atoms with Crippen LogP contribution in [-0.4, -0.2) is 64.4 Å². The van der Waals surface area contributed by atoms with Gasteiger partial charge in [-0.15, -0.1) is 5.10 Å². The summed E-state index contributed by atoms with van der Waals surface area (Å²) in [5, 5.41) is 4.03. The predicted molar refractivity (Wildman–Crippen MR) is 120 cm³/mol. The Hall–Kier alpha value is -2.46. The van der Waals surface area contributed by atoms with Gasteiger partial charge in [0.25, 0.3) is 5.91 Å². The molecule has 0 fully saturated rings. The minimum atomic E-state index is -1.01. The first-order valence-electron chi connectivity index (χ1n) is 10.9. The van der Waals surface area contributed by atoms with E-state index in [9.17, 15) is 18.4 Å². The van der Waals surface area contributed by atoms with E-state index in [2.05, 4.69) is 14.5 Å². The van der Waals surface area contributed by atoms with Crippen LogP contribution in [0, 0.1) is 11.6 Å². The average molecular weight is 466 g/mol. The van der Waals surface area contributed by atoms with Gasteiger partial charge in [-0.05, 0) is 62.6 Å². The number of hydrogen-bond donors (Lipinski definition) is 0. The number of halogens is 2. The zero-order chi connectivity index (χ0) is 23.3. The van der Waals surface area contributed by atoms with Crippen molar-refractivity contribution in [2.75, 3.05) is 38.1 Å². The fourth-order valence-corrected chi connectivity index (χ4v) is 4.59. The lowest BCUT2D eigenvalue weighted by atomic mass is 10.1. The normalized spacial score (nSPS) is 16.3. The maximum absolute atomic E-state index is 14.2. The van der Waals surface area contributed by atoms with Crippen molar-refractivity contribution in [1.29, 1.82) is 0 Å². The van der Waals surface area contributed by atoms with E-state index in [0.29, 0.717) is 47.8 Å². The fraction of sp³-hybridized carbons (Fsp3) is 0.545. The molecule has 0 N–H and O–H groups in total. The van der Waals surface area contributed by atoms with E-state index in [4.69, 9.17) is 0 Å². The average Bonchev–Trinajstić information content (AvgIpc) is 3.25. The number of rotatable bonds is 3. The van der Waals surface area contributed by atoms with Crippen molar-refractivity contribution in [3.05, 3.63) is 39.9 Å². The summed E-state index contributed by atoms with van der Waals surface area (Å²) in [5.41, 5.74) is 1.34. The summed E-state index contributed by atoms with van der Waals surface area (Å²) in [6.45, 7) is 6.05. The maximum Gasteiger partial charge on any atom is 0.267 e. The summed E-state index contributed by atoms with van der Waals surface area (Å²) in [7, 11) is 2.00. The van der Waals surface area contributed by atoms with Crippen LogP contribution in [0.4, 0.5) is 14.5 Å². The first-order chi connectivity index (χ1) is 15.3. The standard InChI is InChI=1S/C22H29F2N5O2S/c1-4-18-21(32-26-25-18)22(31)28-10-6-8-27(3)9-7-11-29(20(30)5-2)19-13-17(24)16(23)12-15(19)14-28/h12-13H,4-11,14H2,1-3H3. The molecule has 0 saturated carbocycles. The number of anilines is 1. The molecule has 1 aromatic heterocycles. The highest BCUT2D eigenvalue weighted by Crippen LogP contribution is 2.28. The molecule has 0 spiro atoms. The summed E-state index contributed by atoms with van der Waals surface area (Å²) in [5.74, 6) is -2.42. The first kappa shape index (κ1) is 24.2. The molecule has 1 aromatic carbocycles. The lowest BCUT2D eigenvalue weighted by Crippen LogP contribution is -2.38. The second-order valence-corrected chi connectivity index (χ2v) is 8.69. The van der Waals surface area contributed by atoms with Gasteiger partial charge >= 0.3 is 0 Å². The number of hydrogen-bond acceptors (Lipinski definition) is 6. The molecule has 1 aliphatic heterocycles. The topological polar surface area (TPSA) is 69.6 Å². The van der Waals surface area contributed by atoms with Crippen molar-refractivity contribution in [3.8, 4) is 0 Å². The van der Waals surface area contributed by atoms with Gasteiger partial charge in [0.2, 0.25) is 5.91 Å². The third kappa shape index (κ3) is 5.47. The smallest absolute Gasteiger partial charge is 0.267 e. The third-order valence-corrected chi connectivity index (χ3v) is 6.39. The number of aromatic nitrogens is 2. The Morgan fingerprint density at radius 3 is 2.44 bits per heavy atom. The highest BCUT2D eigenvalue weighted by molar-refractivity contribution is 7.08. The van der Waals surface area contributed by atoms with Crippen LogP contribution in [0.2, 0.25) is 0 Å². The van der Waals surface area contributed by atoms with Crippen LogP contribution in [0.25, 0.3) is 0 Å². The fourth-order valence-electron chi connectivity index (χ4n) is 3.87. The zero-order valence-electron chi connectivity index (χ0n) is 18.7. The van der Waals surface area contributed by atoms with Crippen LogP contribution in [0.3, 0.4) is 0 Å². The first-order valence-corrected chi connectivity index (χ1v) is 11.7. The molecule has 10 heteroatoms. The molecule has 2 amide bonds. The van der Waals surface area contributed by atoms with Crippen molar-refractivity contribution >= 4 is 29.0 Å². The SMILES string of the molecule is CCC(=O)N1CCCN(C)CCCN(C(=O)c2snnc2CC)Cc2cc(F)c(F)cc21. The molecule has 0 unspecified atom stereocenters. The summed E-state index contributed by atoms with van der Waals surface area (Å²) in [4.78, 5) is 31.8. The largest absolute Gasteiger partial charge is 0.333 e. The second kappa shape index (κ2) is 10.9. The molecule has 32 heavy (non-hydrogen) atoms. The summed E-state index contributed by atoms with van der Waals surface area (Å²) >= 11 is 1.04. The van der Waals surface area contributed by atoms with Gasteiger partial charge in [-0.1, -0.05) is 18.3 Å². The van der Waals surface area contributed by atoms with Gasteiger partial charge in [0, 0.05) is 32.1 Å². The lowest BCUT2D eigenvalue weighted by molar-refractivity contribution is -0.118. The summed E-state index contributed by atoms with van der Waals surface area (Å²) in [6, 6.07) is 2.17. The van der Waals surface area contributed by atoms with Crippen LogP contribution in [-0.2, 0) is 17.8 Å². The molecule has 0 aliphatic carbocycles. The molecule has 0 bridgehead atoms. The van der Waals surface area contributed by atoms with Gasteiger partial charge < -0.3 is 14.7 Å². The molecular weight excluding hydrogens is 436 g/mol. The van der Waals surface area contributed by atoms with Crippen LogP contribution >= 0.6 is 11.5 Å². The van der Waals surface area contributed by atoms with E-state index in [-0.39, 0.29) is 24.8 Å². The monoisotopic (exact) mass is 465 g/mol. The number of amides is 2. The van der Waals surface area contributed by atoms with Crippen molar-refractivity contribution in [2.45, 2.75) is 46.1 Å². The minimum Gasteiger partial charge on any atom is -0.333 e. The number of benzene rings is 1. The Balaban J connectivity index is 2.05. The van der Waals surface area contributed by atoms with Crippen molar-refractivity contribution in [3.63, 3.8) is 0 Å². The van der Waals surface area contributed by atoms with E-state index in [1.165, 1.54) is 4.90 Å². The lowest BCUT2D eigenvalue weighted by Gasteiger charge is -2.30. The Bertz CT molecular complexity index is 968. The molecule has 3 rings (SSSR count). The minimum absolute atomic E-state index is 0.0592. The van der Waals surface area contributed by atoms with E-state index in [1.54, 1.807) is 11.8 Å². The maximum atomic E-state index is 14.2. The molecule has 0 atom stereocenters. The predicted octanol–water partition coefficient (Wildman–Crippen LogP) is 3.49. The van der Waals surface area contributed by atoms with Gasteiger partial charge in [0.15, 0.2) is 11.6 Å². The number of aryl methyl sites for hydroxylation is 1. The molecule has 7 nitrogen and oxygen atoms in total. The molecular formula is C22H29F2N5O2S. The number of nitrogens with zero attached hydrogens (tertiary/aromatic N) is 5. The zero-order valence-corrected chi connectivity index (χ0v) is 19.6. The van der Waals surface area contributed by atoms with E-state index >= 15 is 0 Å². The number of carbonyl (C=O) groups is 2. The van der Waals surface area contributed by atoms with Gasteiger partial charge in [-0.25, -0.2) is 8.78 Å². The quantitative estimate of drug-likeness (QED) is 0.694. The Kier molecular flexibility index (Phi) is 8.25. The number of fused-ring (bicyclic) bond motifs is 1. The van der Waals surface area contributed by atoms with Crippen molar-refractivity contribution < 1.29 is 18.4 Å². The molecule has 2 heterocycles.